The SMILES string of the molecule is Cn1nccc1C(=O)NCc1ccccc1C#CCO. The number of aromatic nitrogens is 2. The highest BCUT2D eigenvalue weighted by molar-refractivity contribution is 5.92. The Kier molecular flexibility index (Phi) is 4.53. The second kappa shape index (κ2) is 6.55. The zero-order chi connectivity index (χ0) is 14.4. The van der Waals surface area contributed by atoms with E-state index in [0.29, 0.717) is 12.2 Å². The Morgan fingerprint density at radius 2 is 2.20 bits per heavy atom. The van der Waals surface area contributed by atoms with Gasteiger partial charge in [-0.3, -0.25) is 9.48 Å². The predicted molar refractivity (Wildman–Crippen MR) is 74.8 cm³/mol. The molecule has 0 unspecified atom stereocenters. The molecule has 2 N–H and O–H groups in total. The molecule has 0 saturated heterocycles. The fraction of sp³-hybridized carbons (Fsp3) is 0.200. The van der Waals surface area contributed by atoms with Crippen molar-refractivity contribution in [3.63, 3.8) is 0 Å². The molecule has 1 aromatic carbocycles. The van der Waals surface area contributed by atoms with Crippen LogP contribution in [0.1, 0.15) is 21.6 Å². The van der Waals surface area contributed by atoms with Gasteiger partial charge < -0.3 is 10.4 Å². The zero-order valence-corrected chi connectivity index (χ0v) is 11.1. The maximum absolute atomic E-state index is 12.0. The van der Waals surface area contributed by atoms with Crippen LogP contribution in [-0.4, -0.2) is 27.4 Å². The van der Waals surface area contributed by atoms with Crippen molar-refractivity contribution in [3.05, 3.63) is 53.3 Å². The smallest absolute Gasteiger partial charge is 0.269 e. The highest BCUT2D eigenvalue weighted by Gasteiger charge is 2.09. The van der Waals surface area contributed by atoms with Crippen LogP contribution in [-0.2, 0) is 13.6 Å². The van der Waals surface area contributed by atoms with Crippen molar-refractivity contribution >= 4 is 5.91 Å². The number of nitrogens with zero attached hydrogens (tertiary/aromatic N) is 2. The number of amides is 1. The Bertz CT molecular complexity index is 665. The summed E-state index contributed by atoms with van der Waals surface area (Å²) in [6.07, 6.45) is 1.58. The number of aryl methyl sites for hydroxylation is 1. The van der Waals surface area contributed by atoms with E-state index in [-0.39, 0.29) is 12.5 Å². The summed E-state index contributed by atoms with van der Waals surface area (Å²) >= 11 is 0. The molecule has 0 saturated carbocycles. The van der Waals surface area contributed by atoms with E-state index < -0.39 is 0 Å². The number of carbonyl (C=O) groups is 1. The maximum Gasteiger partial charge on any atom is 0.269 e. The van der Waals surface area contributed by atoms with E-state index in [1.807, 2.05) is 24.3 Å². The van der Waals surface area contributed by atoms with Crippen molar-refractivity contribution in [3.8, 4) is 11.8 Å². The molecule has 2 aromatic rings. The molecule has 0 fully saturated rings. The largest absolute Gasteiger partial charge is 0.384 e. The van der Waals surface area contributed by atoms with Gasteiger partial charge in [-0.25, -0.2) is 0 Å². The van der Waals surface area contributed by atoms with E-state index in [1.165, 1.54) is 4.68 Å². The van der Waals surface area contributed by atoms with Gasteiger partial charge >= 0.3 is 0 Å². The van der Waals surface area contributed by atoms with Gasteiger partial charge in [0.2, 0.25) is 0 Å². The zero-order valence-electron chi connectivity index (χ0n) is 11.1. The first kappa shape index (κ1) is 13.8. The molecule has 1 aromatic heterocycles. The summed E-state index contributed by atoms with van der Waals surface area (Å²) in [5.74, 6) is 5.29. The molecule has 0 aliphatic carbocycles. The standard InChI is InChI=1S/C15H15N3O2/c1-18-14(8-9-17-18)15(20)16-11-13-6-3-2-5-12(13)7-4-10-19/h2-3,5-6,8-9,19H,10-11H2,1H3,(H,16,20). The summed E-state index contributed by atoms with van der Waals surface area (Å²) in [4.78, 5) is 12.0. The third-order valence-corrected chi connectivity index (χ3v) is 2.81. The van der Waals surface area contributed by atoms with Crippen LogP contribution in [0.5, 0.6) is 0 Å². The molecule has 0 aliphatic rings. The number of nitrogens with one attached hydrogen (secondary N) is 1. The highest BCUT2D eigenvalue weighted by atomic mass is 16.2. The third-order valence-electron chi connectivity index (χ3n) is 2.81. The van der Waals surface area contributed by atoms with Gasteiger partial charge in [0, 0.05) is 25.4 Å². The number of rotatable bonds is 3. The number of hydrogen-bond acceptors (Lipinski definition) is 3. The molecule has 1 heterocycles. The van der Waals surface area contributed by atoms with Gasteiger partial charge in [0.05, 0.1) is 0 Å². The van der Waals surface area contributed by atoms with Crippen LogP contribution in [0.25, 0.3) is 0 Å². The first-order chi connectivity index (χ1) is 9.72. The monoisotopic (exact) mass is 269 g/mol. The molecule has 0 radical (unpaired) electrons. The van der Waals surface area contributed by atoms with Crippen LogP contribution in [0.2, 0.25) is 0 Å². The molecular formula is C15H15N3O2. The third kappa shape index (κ3) is 3.25. The Labute approximate surface area is 117 Å². The lowest BCUT2D eigenvalue weighted by atomic mass is 10.1. The van der Waals surface area contributed by atoms with E-state index in [2.05, 4.69) is 22.3 Å². The molecule has 5 nitrogen and oxygen atoms in total. The highest BCUT2D eigenvalue weighted by Crippen LogP contribution is 2.07. The van der Waals surface area contributed by atoms with Gasteiger partial charge in [-0.15, -0.1) is 0 Å². The summed E-state index contributed by atoms with van der Waals surface area (Å²) in [5, 5.41) is 15.5. The number of benzene rings is 1. The van der Waals surface area contributed by atoms with Crippen LogP contribution >= 0.6 is 0 Å². The van der Waals surface area contributed by atoms with Crippen molar-refractivity contribution in [1.82, 2.24) is 15.1 Å². The van der Waals surface area contributed by atoms with Gasteiger partial charge in [0.25, 0.3) is 5.91 Å². The van der Waals surface area contributed by atoms with E-state index in [4.69, 9.17) is 5.11 Å². The van der Waals surface area contributed by atoms with Crippen molar-refractivity contribution < 1.29 is 9.90 Å². The fourth-order valence-corrected chi connectivity index (χ4v) is 1.79. The summed E-state index contributed by atoms with van der Waals surface area (Å²) in [7, 11) is 1.72. The van der Waals surface area contributed by atoms with E-state index in [1.54, 1.807) is 19.3 Å². The molecule has 20 heavy (non-hydrogen) atoms. The Morgan fingerprint density at radius 1 is 1.40 bits per heavy atom. The molecule has 102 valence electrons. The fourth-order valence-electron chi connectivity index (χ4n) is 1.79. The van der Waals surface area contributed by atoms with Gasteiger partial charge in [0.15, 0.2) is 0 Å². The summed E-state index contributed by atoms with van der Waals surface area (Å²) < 4.78 is 1.52. The van der Waals surface area contributed by atoms with Crippen molar-refractivity contribution in [2.45, 2.75) is 6.54 Å². The first-order valence-electron chi connectivity index (χ1n) is 6.16. The summed E-state index contributed by atoms with van der Waals surface area (Å²) in [5.41, 5.74) is 2.21. The number of carbonyl (C=O) groups excluding carboxylic acids is 1. The van der Waals surface area contributed by atoms with Gasteiger partial charge in [-0.2, -0.15) is 5.10 Å². The molecule has 0 aliphatic heterocycles. The minimum absolute atomic E-state index is 0.185. The lowest BCUT2D eigenvalue weighted by Gasteiger charge is -2.07. The van der Waals surface area contributed by atoms with Gasteiger partial charge in [0.1, 0.15) is 12.3 Å². The van der Waals surface area contributed by atoms with Crippen LogP contribution in [0.3, 0.4) is 0 Å². The van der Waals surface area contributed by atoms with Gasteiger partial charge in [-0.1, -0.05) is 30.0 Å². The van der Waals surface area contributed by atoms with E-state index >= 15 is 0 Å². The number of aliphatic hydroxyl groups excluding tert-OH is 1. The molecule has 0 atom stereocenters. The molecule has 0 spiro atoms. The predicted octanol–water partition coefficient (Wildman–Crippen LogP) is 0.694. The minimum atomic E-state index is -0.185. The van der Waals surface area contributed by atoms with E-state index in [9.17, 15) is 4.79 Å². The molecule has 1 amide bonds. The minimum Gasteiger partial charge on any atom is -0.384 e. The topological polar surface area (TPSA) is 67.2 Å². The quantitative estimate of drug-likeness (QED) is 0.806. The lowest BCUT2D eigenvalue weighted by Crippen LogP contribution is -2.25. The molecule has 2 rings (SSSR count). The van der Waals surface area contributed by atoms with Crippen LogP contribution in [0.4, 0.5) is 0 Å². The average molecular weight is 269 g/mol. The van der Waals surface area contributed by atoms with Crippen LogP contribution in [0, 0.1) is 11.8 Å². The number of hydrogen-bond donors (Lipinski definition) is 2. The molecule has 0 bridgehead atoms. The summed E-state index contributed by atoms with van der Waals surface area (Å²) in [6.45, 7) is 0.190. The Hall–Kier alpha value is -2.58. The molecular weight excluding hydrogens is 254 g/mol. The van der Waals surface area contributed by atoms with Crippen LogP contribution < -0.4 is 5.32 Å². The van der Waals surface area contributed by atoms with Crippen molar-refractivity contribution in [1.29, 1.82) is 0 Å². The Balaban J connectivity index is 2.08. The van der Waals surface area contributed by atoms with Gasteiger partial charge in [-0.05, 0) is 17.7 Å². The molecule has 5 heteroatoms. The summed E-state index contributed by atoms with van der Waals surface area (Å²) in [6, 6.07) is 9.16. The normalized spacial score (nSPS) is 9.70. The van der Waals surface area contributed by atoms with E-state index in [0.717, 1.165) is 11.1 Å². The Morgan fingerprint density at radius 3 is 2.90 bits per heavy atom. The average Bonchev–Trinajstić information content (AvgIpc) is 2.89. The van der Waals surface area contributed by atoms with Crippen molar-refractivity contribution in [2.24, 2.45) is 7.05 Å². The second-order valence-corrected chi connectivity index (χ2v) is 4.14. The number of aliphatic hydroxyl groups is 1. The maximum atomic E-state index is 12.0. The van der Waals surface area contributed by atoms with Crippen molar-refractivity contribution in [2.75, 3.05) is 6.61 Å². The van der Waals surface area contributed by atoms with Crippen LogP contribution in [0.15, 0.2) is 36.5 Å². The second-order valence-electron chi connectivity index (χ2n) is 4.14. The lowest BCUT2D eigenvalue weighted by molar-refractivity contribution is 0.0941. The first-order valence-corrected chi connectivity index (χ1v) is 6.16.